The fourth-order valence-electron chi connectivity index (χ4n) is 4.38. The van der Waals surface area contributed by atoms with Crippen molar-refractivity contribution in [3.63, 3.8) is 0 Å². The van der Waals surface area contributed by atoms with Crippen molar-refractivity contribution in [3.8, 4) is 0 Å². The van der Waals surface area contributed by atoms with Crippen LogP contribution >= 0.6 is 0 Å². The summed E-state index contributed by atoms with van der Waals surface area (Å²) in [5, 5.41) is 21.6. The van der Waals surface area contributed by atoms with Crippen LogP contribution in [0.2, 0.25) is 0 Å². The number of carbonyl (C=O) groups is 1. The molecule has 0 spiro atoms. The molecule has 2 saturated carbocycles. The van der Waals surface area contributed by atoms with Crippen LogP contribution in [0.4, 0.5) is 0 Å². The summed E-state index contributed by atoms with van der Waals surface area (Å²) in [6, 6.07) is 0. The number of hydrogen-bond acceptors (Lipinski definition) is 4. The molecule has 106 valence electrons. The average Bonchev–Trinajstić information content (AvgIpc) is 2.66. The van der Waals surface area contributed by atoms with E-state index in [4.69, 9.17) is 4.74 Å². The van der Waals surface area contributed by atoms with Crippen LogP contribution in [-0.2, 0) is 9.53 Å². The molecule has 0 bridgehead atoms. The second-order valence-electron chi connectivity index (χ2n) is 6.69. The van der Waals surface area contributed by atoms with E-state index in [9.17, 15) is 15.0 Å². The fraction of sp³-hybridized carbons (Fsp3) is 0.800. The summed E-state index contributed by atoms with van der Waals surface area (Å²) in [5.74, 6) is -0.376. The van der Waals surface area contributed by atoms with Gasteiger partial charge in [0.15, 0.2) is 0 Å². The van der Waals surface area contributed by atoms with Gasteiger partial charge in [-0.2, -0.15) is 0 Å². The Bertz CT molecular complexity index is 445. The summed E-state index contributed by atoms with van der Waals surface area (Å²) < 4.78 is 5.47. The van der Waals surface area contributed by atoms with Crippen LogP contribution in [0.1, 0.15) is 39.5 Å². The van der Waals surface area contributed by atoms with Gasteiger partial charge in [-0.15, -0.1) is 0 Å². The number of hydrogen-bond donors (Lipinski definition) is 2. The molecule has 2 aliphatic carbocycles. The van der Waals surface area contributed by atoms with Crippen LogP contribution in [0.3, 0.4) is 0 Å². The van der Waals surface area contributed by atoms with E-state index >= 15 is 0 Å². The number of aliphatic hydroxyl groups excluding tert-OH is 1. The summed E-state index contributed by atoms with van der Waals surface area (Å²) in [7, 11) is 0. The molecule has 0 amide bonds. The second-order valence-corrected chi connectivity index (χ2v) is 6.69. The average molecular weight is 266 g/mol. The number of ether oxygens (including phenoxy) is 1. The molecule has 1 saturated heterocycles. The molecule has 19 heavy (non-hydrogen) atoms. The van der Waals surface area contributed by atoms with Crippen molar-refractivity contribution >= 4 is 5.97 Å². The van der Waals surface area contributed by atoms with Crippen molar-refractivity contribution in [3.05, 3.63) is 12.2 Å². The zero-order valence-corrected chi connectivity index (χ0v) is 11.6. The monoisotopic (exact) mass is 266 g/mol. The van der Waals surface area contributed by atoms with Gasteiger partial charge in [0, 0.05) is 11.3 Å². The van der Waals surface area contributed by atoms with Crippen molar-refractivity contribution in [2.75, 3.05) is 0 Å². The highest BCUT2D eigenvalue weighted by Crippen LogP contribution is 2.59. The van der Waals surface area contributed by atoms with Gasteiger partial charge in [-0.3, -0.25) is 4.79 Å². The van der Waals surface area contributed by atoms with E-state index in [-0.39, 0.29) is 17.8 Å². The van der Waals surface area contributed by atoms with Crippen LogP contribution in [0, 0.1) is 17.3 Å². The van der Waals surface area contributed by atoms with E-state index in [2.05, 4.69) is 6.58 Å². The molecule has 3 aliphatic rings. The Kier molecular flexibility index (Phi) is 2.64. The maximum Gasteiger partial charge on any atom is 0.309 e. The van der Waals surface area contributed by atoms with Crippen molar-refractivity contribution in [1.29, 1.82) is 0 Å². The maximum atomic E-state index is 11.8. The summed E-state index contributed by atoms with van der Waals surface area (Å²) in [4.78, 5) is 11.8. The lowest BCUT2D eigenvalue weighted by molar-refractivity contribution is -0.216. The highest BCUT2D eigenvalue weighted by Gasteiger charge is 2.67. The fourth-order valence-corrected chi connectivity index (χ4v) is 4.38. The molecule has 6 atom stereocenters. The molecule has 0 unspecified atom stereocenters. The second kappa shape index (κ2) is 3.83. The van der Waals surface area contributed by atoms with Crippen molar-refractivity contribution < 1.29 is 19.7 Å². The normalized spacial score (nSPS) is 53.5. The van der Waals surface area contributed by atoms with Gasteiger partial charge in [0.2, 0.25) is 0 Å². The molecule has 3 fully saturated rings. The molecule has 0 radical (unpaired) electrons. The third kappa shape index (κ3) is 1.39. The molecule has 0 aromatic heterocycles. The van der Waals surface area contributed by atoms with E-state index in [1.165, 1.54) is 0 Å². The zero-order valence-electron chi connectivity index (χ0n) is 11.6. The quantitative estimate of drug-likeness (QED) is 0.514. The molecule has 3 rings (SSSR count). The van der Waals surface area contributed by atoms with Gasteiger partial charge < -0.3 is 14.9 Å². The van der Waals surface area contributed by atoms with Crippen molar-refractivity contribution in [1.82, 2.24) is 0 Å². The van der Waals surface area contributed by atoms with Crippen LogP contribution < -0.4 is 0 Å². The largest absolute Gasteiger partial charge is 0.458 e. The lowest BCUT2D eigenvalue weighted by atomic mass is 9.51. The Hall–Kier alpha value is -0.870. The first kappa shape index (κ1) is 13.1. The first-order valence-electron chi connectivity index (χ1n) is 7.11. The Morgan fingerprint density at radius 2 is 2.11 bits per heavy atom. The van der Waals surface area contributed by atoms with Crippen LogP contribution in [-0.4, -0.2) is 34.0 Å². The van der Waals surface area contributed by atoms with E-state index in [0.29, 0.717) is 24.8 Å². The van der Waals surface area contributed by atoms with Gasteiger partial charge in [-0.1, -0.05) is 20.4 Å². The Morgan fingerprint density at radius 3 is 2.79 bits per heavy atom. The number of carbonyl (C=O) groups excluding carboxylic acids is 1. The molecular formula is C15H22O4. The minimum Gasteiger partial charge on any atom is -0.458 e. The van der Waals surface area contributed by atoms with Crippen LogP contribution in [0.25, 0.3) is 0 Å². The predicted molar refractivity (Wildman–Crippen MR) is 69.2 cm³/mol. The first-order chi connectivity index (χ1) is 8.82. The summed E-state index contributed by atoms with van der Waals surface area (Å²) in [6.45, 7) is 7.77. The number of rotatable bonds is 0. The highest BCUT2D eigenvalue weighted by atomic mass is 16.6. The molecule has 4 nitrogen and oxygen atoms in total. The van der Waals surface area contributed by atoms with E-state index < -0.39 is 23.2 Å². The van der Waals surface area contributed by atoms with Gasteiger partial charge in [0.1, 0.15) is 11.7 Å². The van der Waals surface area contributed by atoms with E-state index in [0.717, 1.165) is 6.42 Å². The first-order valence-corrected chi connectivity index (χ1v) is 7.11. The SMILES string of the molecule is C=C1CC[C@H](O)[C@]2(C)CC[C@H]3[C@H](C)C(=O)O[C@@H]3[C@]12O. The van der Waals surface area contributed by atoms with Crippen molar-refractivity contribution in [2.45, 2.75) is 57.3 Å². The molecule has 2 N–H and O–H groups in total. The summed E-state index contributed by atoms with van der Waals surface area (Å²) >= 11 is 0. The number of fused-ring (bicyclic) bond motifs is 3. The minimum atomic E-state index is -1.28. The number of aliphatic hydroxyl groups is 2. The smallest absolute Gasteiger partial charge is 0.309 e. The lowest BCUT2D eigenvalue weighted by Crippen LogP contribution is -2.67. The Labute approximate surface area is 113 Å². The zero-order chi connectivity index (χ0) is 14.0. The molecule has 0 aromatic rings. The summed E-state index contributed by atoms with van der Waals surface area (Å²) in [6.07, 6.45) is 1.60. The topological polar surface area (TPSA) is 66.8 Å². The van der Waals surface area contributed by atoms with Crippen molar-refractivity contribution in [2.24, 2.45) is 17.3 Å². The molecule has 0 aromatic carbocycles. The maximum absolute atomic E-state index is 11.8. The lowest BCUT2D eigenvalue weighted by Gasteiger charge is -2.58. The minimum absolute atomic E-state index is 0.0348. The van der Waals surface area contributed by atoms with E-state index in [1.807, 2.05) is 13.8 Å². The van der Waals surface area contributed by atoms with Crippen LogP contribution in [0.15, 0.2) is 12.2 Å². The van der Waals surface area contributed by atoms with Gasteiger partial charge in [-0.05, 0) is 31.3 Å². The molecule has 1 aliphatic heterocycles. The van der Waals surface area contributed by atoms with Gasteiger partial charge in [0.05, 0.1) is 12.0 Å². The standard InChI is InChI=1S/C15H22O4/c1-8-4-5-11(16)14(3)7-6-10-9(2)13(17)19-12(10)15(8,14)18/h9-12,16,18H,1,4-7H2,2-3H3/t9-,10-,11-,12-,14-,15+/m0/s1. The molecular weight excluding hydrogens is 244 g/mol. The van der Waals surface area contributed by atoms with E-state index in [1.54, 1.807) is 0 Å². The van der Waals surface area contributed by atoms with Gasteiger partial charge in [-0.25, -0.2) is 0 Å². The molecule has 4 heteroatoms. The predicted octanol–water partition coefficient (Wildman–Crippen LogP) is 1.41. The Morgan fingerprint density at radius 1 is 1.42 bits per heavy atom. The third-order valence-corrected chi connectivity index (χ3v) is 5.92. The van der Waals surface area contributed by atoms with Gasteiger partial charge >= 0.3 is 5.97 Å². The number of esters is 1. The third-order valence-electron chi connectivity index (χ3n) is 5.92. The van der Waals surface area contributed by atoms with Crippen LogP contribution in [0.5, 0.6) is 0 Å². The highest BCUT2D eigenvalue weighted by molar-refractivity contribution is 5.75. The molecule has 1 heterocycles. The van der Waals surface area contributed by atoms with Gasteiger partial charge in [0.25, 0.3) is 0 Å². The summed E-state index contributed by atoms with van der Waals surface area (Å²) in [5.41, 5.74) is -1.24. The Balaban J connectivity index is 2.08.